The van der Waals surface area contributed by atoms with Gasteiger partial charge in [0.2, 0.25) is 0 Å². The van der Waals surface area contributed by atoms with Crippen molar-refractivity contribution in [3.8, 4) is 0 Å². The molecule has 0 saturated heterocycles. The van der Waals surface area contributed by atoms with E-state index in [1.54, 1.807) is 25.2 Å². The summed E-state index contributed by atoms with van der Waals surface area (Å²) in [6, 6.07) is 0. The summed E-state index contributed by atoms with van der Waals surface area (Å²) < 4.78 is 0. The Morgan fingerprint density at radius 2 is 0.588 bits per heavy atom. The normalized spacial score (nSPS) is 11.9. The number of hydrogen-bond donors (Lipinski definition) is 0. The van der Waals surface area contributed by atoms with Crippen LogP contribution in [-0.2, 0) is 0 Å². The second-order valence-electron chi connectivity index (χ2n) is 11.3. The van der Waals surface area contributed by atoms with Crippen molar-refractivity contribution in [1.82, 2.24) is 0 Å². The van der Waals surface area contributed by atoms with Crippen LogP contribution in [0.25, 0.3) is 0 Å². The maximum atomic E-state index is 2.31. The Morgan fingerprint density at radius 3 is 0.912 bits per heavy atom. The van der Waals surface area contributed by atoms with Crippen LogP contribution in [0.5, 0.6) is 0 Å². The molecule has 208 valence electrons. The van der Waals surface area contributed by atoms with Crippen molar-refractivity contribution in [2.24, 2.45) is 0 Å². The molecule has 0 rings (SSSR count). The van der Waals surface area contributed by atoms with Crippen LogP contribution in [-0.4, -0.2) is 12.3 Å². The minimum atomic E-state index is 0.314. The molecule has 0 saturated carbocycles. The summed E-state index contributed by atoms with van der Waals surface area (Å²) in [5.74, 6) is 0. The summed E-state index contributed by atoms with van der Waals surface area (Å²) in [4.78, 5) is 0. The van der Waals surface area contributed by atoms with E-state index in [-0.39, 0.29) is 0 Å². The first-order valence-electron chi connectivity index (χ1n) is 16.6. The van der Waals surface area contributed by atoms with Gasteiger partial charge < -0.3 is 0 Å². The van der Waals surface area contributed by atoms with Crippen molar-refractivity contribution in [2.75, 3.05) is 12.3 Å². The molecule has 0 fully saturated rings. The van der Waals surface area contributed by atoms with Gasteiger partial charge in [-0.15, -0.1) is 0 Å². The van der Waals surface area contributed by atoms with E-state index >= 15 is 0 Å². The molecule has 0 aliphatic carbocycles. The molecule has 34 heavy (non-hydrogen) atoms. The molecule has 0 amide bonds. The van der Waals surface area contributed by atoms with Gasteiger partial charge in [-0.05, 0) is 0 Å². The fourth-order valence-corrected chi connectivity index (χ4v) is 9.79. The summed E-state index contributed by atoms with van der Waals surface area (Å²) in [7, 11) is 1.71. The van der Waals surface area contributed by atoms with Crippen molar-refractivity contribution >= 4 is 16.5 Å². The molecule has 0 aliphatic heterocycles. The Morgan fingerprint density at radius 1 is 0.324 bits per heavy atom. The van der Waals surface area contributed by atoms with Crippen molar-refractivity contribution in [3.05, 3.63) is 0 Å². The summed E-state index contributed by atoms with van der Waals surface area (Å²) in [5.41, 5.74) is 0. The van der Waals surface area contributed by atoms with Gasteiger partial charge in [-0.3, -0.25) is 0 Å². The SMILES string of the molecule is CCCCCCCCCCCCCCCCP[PH3]CCCCCCCCCCCCCCCC. The van der Waals surface area contributed by atoms with Gasteiger partial charge in [0.1, 0.15) is 0 Å². The molecule has 1 unspecified atom stereocenters. The quantitative estimate of drug-likeness (QED) is 0.0635. The zero-order valence-corrected chi connectivity index (χ0v) is 26.8. The van der Waals surface area contributed by atoms with Crippen molar-refractivity contribution in [1.29, 1.82) is 0 Å². The molecule has 0 aromatic carbocycles. The second-order valence-corrected chi connectivity index (χ2v) is 16.5. The molecule has 0 heterocycles. The molecule has 1 atom stereocenters. The first-order chi connectivity index (χ1) is 16.9. The summed E-state index contributed by atoms with van der Waals surface area (Å²) in [5, 5.41) is 0. The number of unbranched alkanes of at least 4 members (excludes halogenated alkanes) is 26. The van der Waals surface area contributed by atoms with Gasteiger partial charge in [-0.25, -0.2) is 0 Å². The molecule has 0 bridgehead atoms. The number of rotatable bonds is 31. The Balaban J connectivity index is 2.99. The molecule has 0 aliphatic rings. The molecule has 0 spiro atoms. The van der Waals surface area contributed by atoms with Gasteiger partial charge in [-0.2, -0.15) is 0 Å². The average molecular weight is 517 g/mol. The topological polar surface area (TPSA) is 0 Å². The standard InChI is InChI=1S/C32H70P2/c1-3-5-7-9-11-13-15-17-19-21-23-25-27-29-31-33-34-32-30-28-26-24-22-20-18-16-14-12-10-8-6-4-2/h33H,3-32H2,1-2,34H3. The molecule has 0 radical (unpaired) electrons. The molecule has 0 aromatic heterocycles. The Kier molecular flexibility index (Phi) is 34.7. The van der Waals surface area contributed by atoms with Crippen molar-refractivity contribution in [3.63, 3.8) is 0 Å². The number of hydrogen-bond acceptors (Lipinski definition) is 0. The van der Waals surface area contributed by atoms with E-state index < -0.39 is 0 Å². The van der Waals surface area contributed by atoms with Crippen LogP contribution in [0.15, 0.2) is 0 Å². The van der Waals surface area contributed by atoms with Crippen LogP contribution < -0.4 is 0 Å². The van der Waals surface area contributed by atoms with E-state index in [4.69, 9.17) is 0 Å². The minimum absolute atomic E-state index is 0.314. The fourth-order valence-electron chi connectivity index (χ4n) is 5.19. The third kappa shape index (κ3) is 32.9. The zero-order valence-electron chi connectivity index (χ0n) is 24.4. The molecule has 0 N–H and O–H groups in total. The van der Waals surface area contributed by atoms with Crippen LogP contribution >= 0.6 is 16.5 Å². The summed E-state index contributed by atoms with van der Waals surface area (Å²) in [6.07, 6.45) is 45.0. The molecular formula is C32H70P2. The third-order valence-electron chi connectivity index (χ3n) is 7.66. The van der Waals surface area contributed by atoms with E-state index in [0.29, 0.717) is 8.27 Å². The smallest absolute Gasteiger partial charge is 0.0654 e. The van der Waals surface area contributed by atoms with Gasteiger partial charge >= 0.3 is 164 Å². The van der Waals surface area contributed by atoms with Crippen LogP contribution in [0.1, 0.15) is 194 Å². The fraction of sp³-hybridized carbons (Fsp3) is 1.00. The zero-order chi connectivity index (χ0) is 24.6. The minimum Gasteiger partial charge on any atom is -0.0654 e. The van der Waals surface area contributed by atoms with E-state index in [1.807, 2.05) is 0 Å². The Hall–Kier alpha value is 0.860. The van der Waals surface area contributed by atoms with Crippen molar-refractivity contribution in [2.45, 2.75) is 194 Å². The van der Waals surface area contributed by atoms with Gasteiger partial charge in [0.05, 0.1) is 0 Å². The predicted octanol–water partition coefficient (Wildman–Crippen LogP) is 12.7. The average Bonchev–Trinajstić information content (AvgIpc) is 2.85. The molecular weight excluding hydrogens is 446 g/mol. The van der Waals surface area contributed by atoms with E-state index in [1.165, 1.54) is 175 Å². The summed E-state index contributed by atoms with van der Waals surface area (Å²) >= 11 is 0. The maximum absolute atomic E-state index is 2.31. The van der Waals surface area contributed by atoms with Crippen LogP contribution in [0.4, 0.5) is 0 Å². The van der Waals surface area contributed by atoms with E-state index in [9.17, 15) is 0 Å². The first-order valence-corrected chi connectivity index (χ1v) is 21.2. The van der Waals surface area contributed by atoms with E-state index in [0.717, 1.165) is 0 Å². The second kappa shape index (κ2) is 33.9. The Bertz CT molecular complexity index is 299. The Labute approximate surface area is 222 Å². The van der Waals surface area contributed by atoms with Crippen LogP contribution in [0.2, 0.25) is 0 Å². The molecule has 0 aromatic rings. The van der Waals surface area contributed by atoms with Crippen LogP contribution in [0.3, 0.4) is 0 Å². The van der Waals surface area contributed by atoms with Gasteiger partial charge in [-0.1, -0.05) is 58.8 Å². The van der Waals surface area contributed by atoms with E-state index in [2.05, 4.69) is 13.8 Å². The van der Waals surface area contributed by atoms with Gasteiger partial charge in [0.15, 0.2) is 0 Å². The predicted molar refractivity (Wildman–Crippen MR) is 170 cm³/mol. The molecule has 0 nitrogen and oxygen atoms in total. The first kappa shape index (κ1) is 34.9. The van der Waals surface area contributed by atoms with Crippen LogP contribution in [0, 0.1) is 0 Å². The molecule has 2 heteroatoms. The summed E-state index contributed by atoms with van der Waals surface area (Å²) in [6.45, 7) is 4.62. The van der Waals surface area contributed by atoms with Gasteiger partial charge in [0, 0.05) is 0 Å². The third-order valence-corrected chi connectivity index (χ3v) is 12.8. The van der Waals surface area contributed by atoms with Crippen molar-refractivity contribution < 1.29 is 0 Å². The van der Waals surface area contributed by atoms with Gasteiger partial charge in [0.25, 0.3) is 0 Å². The monoisotopic (exact) mass is 516 g/mol.